The summed E-state index contributed by atoms with van der Waals surface area (Å²) in [5.74, 6) is -0.111. The molecule has 0 aliphatic carbocycles. The second-order valence-electron chi connectivity index (χ2n) is 5.44. The number of carbonyl (C=O) groups is 1. The lowest BCUT2D eigenvalue weighted by Gasteiger charge is -2.22. The molecule has 1 N–H and O–H groups in total. The van der Waals surface area contributed by atoms with Crippen LogP contribution in [0, 0.1) is 6.92 Å². The van der Waals surface area contributed by atoms with Crippen molar-refractivity contribution in [3.63, 3.8) is 0 Å². The van der Waals surface area contributed by atoms with E-state index < -0.39 is 5.97 Å². The summed E-state index contributed by atoms with van der Waals surface area (Å²) in [6.45, 7) is 6.03. The molecule has 0 saturated heterocycles. The first kappa shape index (κ1) is 15.0. The van der Waals surface area contributed by atoms with Crippen LogP contribution in [-0.4, -0.2) is 23.1 Å². The van der Waals surface area contributed by atoms with Crippen LogP contribution >= 0.6 is 0 Å². The number of rotatable bonds is 4. The van der Waals surface area contributed by atoms with Crippen molar-refractivity contribution >= 4 is 17.5 Å². The first-order chi connectivity index (χ1) is 9.90. The Balaban J connectivity index is 2.52. The normalized spacial score (nSPS) is 10.7. The number of carboxylic acids is 1. The first-order valence-electron chi connectivity index (χ1n) is 6.94. The Labute approximate surface area is 125 Å². The second kappa shape index (κ2) is 5.95. The van der Waals surface area contributed by atoms with Crippen LogP contribution in [0.5, 0.6) is 0 Å². The highest BCUT2D eigenvalue weighted by Crippen LogP contribution is 2.27. The van der Waals surface area contributed by atoms with Crippen molar-refractivity contribution in [2.75, 3.05) is 11.9 Å². The number of pyridine rings is 1. The minimum atomic E-state index is -0.932. The Morgan fingerprint density at radius 2 is 1.90 bits per heavy atom. The number of anilines is 2. The largest absolute Gasteiger partial charge is 0.478 e. The predicted molar refractivity (Wildman–Crippen MR) is 84.5 cm³/mol. The first-order valence-corrected chi connectivity index (χ1v) is 6.94. The fourth-order valence-electron chi connectivity index (χ4n) is 2.19. The standard InChI is InChI=1S/C17H20N2O2/c1-11(2)14-9-13(17(20)21)10-16(18-14)19(4)15-8-6-5-7-12(15)3/h5-11H,1-4H3,(H,20,21). The summed E-state index contributed by atoms with van der Waals surface area (Å²) < 4.78 is 0. The molecule has 0 aliphatic rings. The molecule has 2 rings (SSSR count). The summed E-state index contributed by atoms with van der Waals surface area (Å²) in [5.41, 5.74) is 3.19. The average Bonchev–Trinajstić information content (AvgIpc) is 2.46. The molecule has 0 amide bonds. The van der Waals surface area contributed by atoms with Gasteiger partial charge in [0, 0.05) is 18.4 Å². The van der Waals surface area contributed by atoms with Gasteiger partial charge in [-0.2, -0.15) is 0 Å². The molecule has 1 heterocycles. The summed E-state index contributed by atoms with van der Waals surface area (Å²) in [6.07, 6.45) is 0. The van der Waals surface area contributed by atoms with Crippen LogP contribution in [0.15, 0.2) is 36.4 Å². The number of benzene rings is 1. The molecule has 0 unspecified atom stereocenters. The minimum absolute atomic E-state index is 0.174. The second-order valence-corrected chi connectivity index (χ2v) is 5.44. The smallest absolute Gasteiger partial charge is 0.335 e. The zero-order valence-corrected chi connectivity index (χ0v) is 12.8. The summed E-state index contributed by atoms with van der Waals surface area (Å²) in [7, 11) is 1.90. The van der Waals surface area contributed by atoms with E-state index in [4.69, 9.17) is 0 Å². The third-order valence-electron chi connectivity index (χ3n) is 3.49. The zero-order valence-electron chi connectivity index (χ0n) is 12.8. The van der Waals surface area contributed by atoms with Gasteiger partial charge >= 0.3 is 5.97 Å². The predicted octanol–water partition coefficient (Wildman–Crippen LogP) is 3.98. The third-order valence-corrected chi connectivity index (χ3v) is 3.49. The van der Waals surface area contributed by atoms with Crippen LogP contribution in [0.4, 0.5) is 11.5 Å². The van der Waals surface area contributed by atoms with E-state index in [1.54, 1.807) is 12.1 Å². The van der Waals surface area contributed by atoms with Gasteiger partial charge in [-0.1, -0.05) is 32.0 Å². The van der Waals surface area contributed by atoms with Gasteiger partial charge in [0.05, 0.1) is 5.56 Å². The van der Waals surface area contributed by atoms with E-state index >= 15 is 0 Å². The van der Waals surface area contributed by atoms with Crippen molar-refractivity contribution in [3.8, 4) is 0 Å². The van der Waals surface area contributed by atoms with Gasteiger partial charge in [0.15, 0.2) is 0 Å². The number of para-hydroxylation sites is 1. The zero-order chi connectivity index (χ0) is 15.6. The van der Waals surface area contributed by atoms with Gasteiger partial charge < -0.3 is 10.0 Å². The van der Waals surface area contributed by atoms with E-state index in [2.05, 4.69) is 4.98 Å². The van der Waals surface area contributed by atoms with E-state index in [0.717, 1.165) is 16.9 Å². The molecule has 0 bridgehead atoms. The van der Waals surface area contributed by atoms with E-state index in [-0.39, 0.29) is 11.5 Å². The van der Waals surface area contributed by atoms with E-state index in [1.165, 1.54) is 0 Å². The van der Waals surface area contributed by atoms with E-state index in [1.807, 2.05) is 57.0 Å². The maximum atomic E-state index is 11.3. The van der Waals surface area contributed by atoms with Crippen molar-refractivity contribution in [3.05, 3.63) is 53.2 Å². The molecule has 0 atom stereocenters. The Morgan fingerprint density at radius 1 is 1.24 bits per heavy atom. The quantitative estimate of drug-likeness (QED) is 0.922. The Morgan fingerprint density at radius 3 is 2.48 bits per heavy atom. The van der Waals surface area contributed by atoms with Crippen LogP contribution in [0.3, 0.4) is 0 Å². The number of aromatic carboxylic acids is 1. The number of hydrogen-bond donors (Lipinski definition) is 1. The maximum Gasteiger partial charge on any atom is 0.335 e. The van der Waals surface area contributed by atoms with E-state index in [9.17, 15) is 9.90 Å². The van der Waals surface area contributed by atoms with Crippen molar-refractivity contribution in [2.24, 2.45) is 0 Å². The molecule has 0 spiro atoms. The molecule has 21 heavy (non-hydrogen) atoms. The summed E-state index contributed by atoms with van der Waals surface area (Å²) >= 11 is 0. The Kier molecular flexibility index (Phi) is 4.26. The molecule has 2 aromatic rings. The highest BCUT2D eigenvalue weighted by molar-refractivity contribution is 5.89. The Hall–Kier alpha value is -2.36. The number of nitrogens with zero attached hydrogens (tertiary/aromatic N) is 2. The Bertz CT molecular complexity index is 666. The lowest BCUT2D eigenvalue weighted by atomic mass is 10.1. The molecule has 0 fully saturated rings. The molecule has 4 heteroatoms. The highest BCUT2D eigenvalue weighted by Gasteiger charge is 2.14. The summed E-state index contributed by atoms with van der Waals surface area (Å²) in [4.78, 5) is 17.8. The van der Waals surface area contributed by atoms with Gasteiger partial charge in [0.1, 0.15) is 5.82 Å². The van der Waals surface area contributed by atoms with Gasteiger partial charge in [-0.05, 0) is 36.6 Å². The molecular formula is C17H20N2O2. The van der Waals surface area contributed by atoms with Crippen molar-refractivity contribution in [1.29, 1.82) is 0 Å². The fourth-order valence-corrected chi connectivity index (χ4v) is 2.19. The van der Waals surface area contributed by atoms with Crippen LogP contribution in [-0.2, 0) is 0 Å². The summed E-state index contributed by atoms with van der Waals surface area (Å²) in [5, 5.41) is 9.28. The number of hydrogen-bond acceptors (Lipinski definition) is 3. The number of aryl methyl sites for hydroxylation is 1. The molecular weight excluding hydrogens is 264 g/mol. The van der Waals surface area contributed by atoms with Crippen LogP contribution in [0.1, 0.15) is 41.4 Å². The van der Waals surface area contributed by atoms with Gasteiger partial charge in [0.2, 0.25) is 0 Å². The molecule has 0 aliphatic heterocycles. The SMILES string of the molecule is Cc1ccccc1N(C)c1cc(C(=O)O)cc(C(C)C)n1. The van der Waals surface area contributed by atoms with Crippen LogP contribution in [0.2, 0.25) is 0 Å². The van der Waals surface area contributed by atoms with Crippen LogP contribution in [0.25, 0.3) is 0 Å². The van der Waals surface area contributed by atoms with E-state index in [0.29, 0.717) is 5.82 Å². The van der Waals surface area contributed by atoms with Gasteiger partial charge in [0.25, 0.3) is 0 Å². The van der Waals surface area contributed by atoms with Crippen LogP contribution < -0.4 is 4.90 Å². The van der Waals surface area contributed by atoms with Crippen molar-refractivity contribution in [2.45, 2.75) is 26.7 Å². The number of carboxylic acid groups (broad SMARTS) is 1. The monoisotopic (exact) mass is 284 g/mol. The minimum Gasteiger partial charge on any atom is -0.478 e. The molecule has 1 aromatic heterocycles. The van der Waals surface area contributed by atoms with Gasteiger partial charge in [-0.15, -0.1) is 0 Å². The lowest BCUT2D eigenvalue weighted by molar-refractivity contribution is 0.0696. The molecule has 0 radical (unpaired) electrons. The summed E-state index contributed by atoms with van der Waals surface area (Å²) in [6, 6.07) is 11.2. The average molecular weight is 284 g/mol. The van der Waals surface area contributed by atoms with Crippen molar-refractivity contribution < 1.29 is 9.90 Å². The molecule has 0 saturated carbocycles. The number of aromatic nitrogens is 1. The highest BCUT2D eigenvalue weighted by atomic mass is 16.4. The van der Waals surface area contributed by atoms with Crippen molar-refractivity contribution in [1.82, 2.24) is 4.98 Å². The van der Waals surface area contributed by atoms with Gasteiger partial charge in [-0.25, -0.2) is 9.78 Å². The molecule has 1 aromatic carbocycles. The molecule has 4 nitrogen and oxygen atoms in total. The maximum absolute atomic E-state index is 11.3. The topological polar surface area (TPSA) is 53.4 Å². The third kappa shape index (κ3) is 3.21. The molecule has 110 valence electrons. The lowest BCUT2D eigenvalue weighted by Crippen LogP contribution is -2.15. The van der Waals surface area contributed by atoms with Gasteiger partial charge in [-0.3, -0.25) is 0 Å². The fraction of sp³-hybridized carbons (Fsp3) is 0.294.